The Morgan fingerprint density at radius 1 is 1.03 bits per heavy atom. The maximum absolute atomic E-state index is 11.1. The van der Waals surface area contributed by atoms with Crippen LogP contribution in [0.4, 0.5) is 0 Å². The minimum Gasteiger partial charge on any atom is -0.493 e. The van der Waals surface area contributed by atoms with E-state index in [-0.39, 0.29) is 10.8 Å². The number of hydrogen-bond donors (Lipinski definition) is 1. The summed E-state index contributed by atoms with van der Waals surface area (Å²) in [4.78, 5) is 11.1. The van der Waals surface area contributed by atoms with Crippen LogP contribution in [-0.2, 0) is 15.6 Å². The Labute approximate surface area is 190 Å². The summed E-state index contributed by atoms with van der Waals surface area (Å²) >= 11 is 0. The first kappa shape index (κ1) is 23.6. The quantitative estimate of drug-likeness (QED) is 0.420. The van der Waals surface area contributed by atoms with Crippen molar-refractivity contribution in [2.75, 3.05) is 6.61 Å². The zero-order valence-corrected chi connectivity index (χ0v) is 20.4. The summed E-state index contributed by atoms with van der Waals surface area (Å²) in [5, 5.41) is 10.1. The van der Waals surface area contributed by atoms with Crippen molar-refractivity contribution in [3.63, 3.8) is 0 Å². The second-order valence-electron chi connectivity index (χ2n) is 10.3. The normalized spacial score (nSPS) is 12.9. The van der Waals surface area contributed by atoms with E-state index in [1.54, 1.807) is 6.92 Å². The highest BCUT2D eigenvalue weighted by molar-refractivity contribution is 5.97. The Kier molecular flexibility index (Phi) is 6.28. The number of carboxylic acids is 1. The van der Waals surface area contributed by atoms with Crippen LogP contribution in [0.25, 0.3) is 27.7 Å². The van der Waals surface area contributed by atoms with E-state index in [2.05, 4.69) is 53.7 Å². The smallest absolute Gasteiger partial charge is 0.328 e. The molecule has 170 valence electrons. The van der Waals surface area contributed by atoms with Crippen LogP contribution < -0.4 is 4.74 Å². The average Bonchev–Trinajstić information content (AvgIpc) is 3.10. The summed E-state index contributed by atoms with van der Waals surface area (Å²) in [7, 11) is 0. The van der Waals surface area contributed by atoms with Gasteiger partial charge in [-0.3, -0.25) is 0 Å². The molecule has 0 saturated carbocycles. The van der Waals surface area contributed by atoms with Crippen molar-refractivity contribution >= 4 is 22.5 Å². The number of carboxylic acid groups (broad SMARTS) is 1. The van der Waals surface area contributed by atoms with E-state index in [0.717, 1.165) is 33.4 Å². The molecule has 0 atom stereocenters. The lowest BCUT2D eigenvalue weighted by molar-refractivity contribution is -0.131. The van der Waals surface area contributed by atoms with Crippen molar-refractivity contribution in [2.24, 2.45) is 0 Å². The molecule has 3 rings (SSSR count). The molecule has 0 aliphatic carbocycles. The monoisotopic (exact) mass is 434 g/mol. The van der Waals surface area contributed by atoms with Crippen LogP contribution in [0.5, 0.6) is 5.75 Å². The molecule has 2 aromatic carbocycles. The molecular weight excluding hydrogens is 400 g/mol. The van der Waals surface area contributed by atoms with Crippen molar-refractivity contribution in [3.05, 3.63) is 59.4 Å². The van der Waals surface area contributed by atoms with E-state index >= 15 is 0 Å². The molecule has 0 saturated heterocycles. The SMILES string of the molecule is CCOc1c(-c2cccc3cc(C(C)=CC(=O)O)oc23)cc(C(C)(C)C)cc1C(C)(C)C. The first-order valence-electron chi connectivity index (χ1n) is 11.1. The molecule has 0 fully saturated rings. The summed E-state index contributed by atoms with van der Waals surface area (Å²) in [6.45, 7) is 17.5. The van der Waals surface area contributed by atoms with Gasteiger partial charge in [0.2, 0.25) is 0 Å². The van der Waals surface area contributed by atoms with Gasteiger partial charge in [-0.05, 0) is 47.9 Å². The van der Waals surface area contributed by atoms with Gasteiger partial charge in [0.05, 0.1) is 6.61 Å². The fraction of sp³-hybridized carbons (Fsp3) is 0.393. The van der Waals surface area contributed by atoms with E-state index in [9.17, 15) is 4.79 Å². The highest BCUT2D eigenvalue weighted by atomic mass is 16.5. The number of fused-ring (bicyclic) bond motifs is 1. The summed E-state index contributed by atoms with van der Waals surface area (Å²) in [6.07, 6.45) is 1.17. The maximum Gasteiger partial charge on any atom is 0.328 e. The molecule has 4 nitrogen and oxygen atoms in total. The third-order valence-electron chi connectivity index (χ3n) is 5.61. The van der Waals surface area contributed by atoms with Gasteiger partial charge in [-0.25, -0.2) is 4.79 Å². The molecule has 1 N–H and O–H groups in total. The number of rotatable bonds is 5. The molecule has 0 aliphatic heterocycles. The van der Waals surface area contributed by atoms with Crippen LogP contribution in [0.15, 0.2) is 46.9 Å². The lowest BCUT2D eigenvalue weighted by Crippen LogP contribution is -2.18. The number of furan rings is 1. The van der Waals surface area contributed by atoms with E-state index in [4.69, 9.17) is 14.3 Å². The Hall–Kier alpha value is -3.01. The van der Waals surface area contributed by atoms with Gasteiger partial charge < -0.3 is 14.3 Å². The molecule has 1 heterocycles. The average molecular weight is 435 g/mol. The molecule has 0 bridgehead atoms. The number of hydrogen-bond acceptors (Lipinski definition) is 3. The highest BCUT2D eigenvalue weighted by Gasteiger charge is 2.27. The standard InChI is InChI=1S/C28H34O4/c1-9-31-26-21(15-19(27(3,4)5)16-22(26)28(6,7)8)20-12-10-11-18-14-23(32-25(18)20)17(2)13-24(29)30/h10-16H,9H2,1-8H3,(H,29,30). The summed E-state index contributed by atoms with van der Waals surface area (Å²) in [5.74, 6) is 0.432. The van der Waals surface area contributed by atoms with Crippen LogP contribution in [0.1, 0.15) is 72.3 Å². The van der Waals surface area contributed by atoms with Gasteiger partial charge >= 0.3 is 5.97 Å². The van der Waals surface area contributed by atoms with Crippen molar-refractivity contribution < 1.29 is 19.1 Å². The molecule has 0 amide bonds. The first-order valence-corrected chi connectivity index (χ1v) is 11.1. The third-order valence-corrected chi connectivity index (χ3v) is 5.61. The Morgan fingerprint density at radius 3 is 2.28 bits per heavy atom. The molecule has 3 aromatic rings. The number of ether oxygens (including phenoxy) is 1. The largest absolute Gasteiger partial charge is 0.493 e. The number of carbonyl (C=O) groups is 1. The highest BCUT2D eigenvalue weighted by Crippen LogP contribution is 2.45. The van der Waals surface area contributed by atoms with Gasteiger partial charge in [0.15, 0.2) is 0 Å². The van der Waals surface area contributed by atoms with Crippen molar-refractivity contribution in [2.45, 2.75) is 66.2 Å². The predicted octanol–water partition coefficient (Wildman–Crippen LogP) is 7.58. The van der Waals surface area contributed by atoms with Crippen molar-refractivity contribution in [1.29, 1.82) is 0 Å². The number of aliphatic carboxylic acids is 1. The van der Waals surface area contributed by atoms with E-state index in [1.165, 1.54) is 11.6 Å². The topological polar surface area (TPSA) is 59.7 Å². The van der Waals surface area contributed by atoms with Gasteiger partial charge in [0.25, 0.3) is 0 Å². The zero-order valence-electron chi connectivity index (χ0n) is 20.4. The van der Waals surface area contributed by atoms with E-state index < -0.39 is 5.97 Å². The van der Waals surface area contributed by atoms with Crippen LogP contribution in [0, 0.1) is 0 Å². The summed E-state index contributed by atoms with van der Waals surface area (Å²) in [6, 6.07) is 12.4. The Balaban J connectivity index is 2.37. The predicted molar refractivity (Wildman–Crippen MR) is 132 cm³/mol. The molecule has 32 heavy (non-hydrogen) atoms. The Morgan fingerprint density at radius 2 is 1.72 bits per heavy atom. The minimum absolute atomic E-state index is 0.0392. The molecule has 0 unspecified atom stereocenters. The van der Waals surface area contributed by atoms with Crippen molar-refractivity contribution in [3.8, 4) is 16.9 Å². The Bertz CT molecular complexity index is 1180. The minimum atomic E-state index is -0.991. The van der Waals surface area contributed by atoms with Crippen LogP contribution in [0.2, 0.25) is 0 Å². The number of para-hydroxylation sites is 1. The molecule has 0 radical (unpaired) electrons. The van der Waals surface area contributed by atoms with Gasteiger partial charge in [0.1, 0.15) is 17.1 Å². The van der Waals surface area contributed by atoms with Gasteiger partial charge in [-0.15, -0.1) is 0 Å². The van der Waals surface area contributed by atoms with Gasteiger partial charge in [0, 0.05) is 28.2 Å². The molecular formula is C28H34O4. The fourth-order valence-electron chi connectivity index (χ4n) is 3.84. The lowest BCUT2D eigenvalue weighted by Gasteiger charge is -2.29. The maximum atomic E-state index is 11.1. The van der Waals surface area contributed by atoms with Crippen LogP contribution in [0.3, 0.4) is 0 Å². The molecule has 0 spiro atoms. The second kappa shape index (κ2) is 8.50. The fourth-order valence-corrected chi connectivity index (χ4v) is 3.84. The number of benzene rings is 2. The van der Waals surface area contributed by atoms with Gasteiger partial charge in [-0.1, -0.05) is 65.8 Å². The molecule has 1 aromatic heterocycles. The third kappa shape index (κ3) is 4.74. The summed E-state index contributed by atoms with van der Waals surface area (Å²) in [5.41, 5.74) is 5.48. The van der Waals surface area contributed by atoms with Gasteiger partial charge in [-0.2, -0.15) is 0 Å². The number of allylic oxidation sites excluding steroid dienone is 1. The first-order chi connectivity index (χ1) is 14.8. The summed E-state index contributed by atoms with van der Waals surface area (Å²) < 4.78 is 12.5. The van der Waals surface area contributed by atoms with Crippen LogP contribution >= 0.6 is 0 Å². The molecule has 0 aliphatic rings. The second-order valence-corrected chi connectivity index (χ2v) is 10.3. The lowest BCUT2D eigenvalue weighted by atomic mass is 9.78. The van der Waals surface area contributed by atoms with E-state index in [1.807, 2.05) is 31.2 Å². The van der Waals surface area contributed by atoms with Crippen molar-refractivity contribution in [1.82, 2.24) is 0 Å². The molecule has 4 heteroatoms. The van der Waals surface area contributed by atoms with E-state index in [0.29, 0.717) is 17.9 Å². The zero-order chi connectivity index (χ0) is 23.8. The van der Waals surface area contributed by atoms with Crippen LogP contribution in [-0.4, -0.2) is 17.7 Å².